The Morgan fingerprint density at radius 3 is 2.48 bits per heavy atom. The molecule has 0 aliphatic carbocycles. The number of hydrogen-bond acceptors (Lipinski definition) is 5. The van der Waals surface area contributed by atoms with E-state index in [1.54, 1.807) is 30.5 Å². The summed E-state index contributed by atoms with van der Waals surface area (Å²) in [4.78, 5) is 16.0. The summed E-state index contributed by atoms with van der Waals surface area (Å²) in [6.07, 6.45) is 4.17. The number of nitrogens with one attached hydrogen (secondary N) is 1. The zero-order chi connectivity index (χ0) is 16.9. The third-order valence-electron chi connectivity index (χ3n) is 3.04. The Morgan fingerprint density at radius 1 is 1.22 bits per heavy atom. The van der Waals surface area contributed by atoms with Gasteiger partial charge in [0.05, 0.1) is 23.9 Å². The number of sulfonamides is 1. The van der Waals surface area contributed by atoms with Gasteiger partial charge in [0.15, 0.2) is 0 Å². The maximum Gasteiger partial charge on any atom is 0.271 e. The number of hydrogen-bond donors (Lipinski definition) is 1. The van der Waals surface area contributed by atoms with Gasteiger partial charge in [-0.2, -0.15) is 5.10 Å². The predicted molar refractivity (Wildman–Crippen MR) is 89.0 cm³/mol. The lowest BCUT2D eigenvalue weighted by molar-refractivity contribution is 0.0955. The molecule has 120 valence electrons. The van der Waals surface area contributed by atoms with Gasteiger partial charge in [-0.05, 0) is 36.4 Å². The molecule has 0 unspecified atom stereocenters. The third-order valence-corrected chi connectivity index (χ3v) is 4.25. The zero-order valence-electron chi connectivity index (χ0n) is 12.7. The van der Waals surface area contributed by atoms with Crippen molar-refractivity contribution in [2.75, 3.05) is 17.6 Å². The molecule has 0 aliphatic heterocycles. The van der Waals surface area contributed by atoms with Crippen molar-refractivity contribution in [3.63, 3.8) is 0 Å². The van der Waals surface area contributed by atoms with Crippen LogP contribution in [0.15, 0.2) is 53.8 Å². The van der Waals surface area contributed by atoms with Crippen LogP contribution in [0.3, 0.4) is 0 Å². The van der Waals surface area contributed by atoms with Crippen LogP contribution in [-0.4, -0.2) is 38.8 Å². The first-order valence-electron chi connectivity index (χ1n) is 6.66. The second-order valence-electron chi connectivity index (χ2n) is 4.73. The van der Waals surface area contributed by atoms with Gasteiger partial charge in [0.25, 0.3) is 5.91 Å². The molecule has 0 saturated heterocycles. The van der Waals surface area contributed by atoms with E-state index in [9.17, 15) is 13.2 Å². The van der Waals surface area contributed by atoms with Gasteiger partial charge in [0, 0.05) is 18.8 Å². The van der Waals surface area contributed by atoms with E-state index in [1.807, 2.05) is 6.07 Å². The number of rotatable bonds is 5. The molecule has 2 aromatic rings. The number of carbonyl (C=O) groups excluding carboxylic acids is 1. The molecule has 7 nitrogen and oxygen atoms in total. The quantitative estimate of drug-likeness (QED) is 0.659. The van der Waals surface area contributed by atoms with Gasteiger partial charge in [-0.15, -0.1) is 0 Å². The molecular formula is C15H16N4O3S. The van der Waals surface area contributed by atoms with E-state index in [2.05, 4.69) is 15.5 Å². The smallest absolute Gasteiger partial charge is 0.271 e. The summed E-state index contributed by atoms with van der Waals surface area (Å²) in [5, 5.41) is 3.82. The normalized spacial score (nSPS) is 11.4. The summed E-state index contributed by atoms with van der Waals surface area (Å²) in [5.41, 5.74) is 3.85. The molecule has 0 fully saturated rings. The molecule has 1 N–H and O–H groups in total. The number of benzene rings is 1. The Morgan fingerprint density at radius 2 is 1.91 bits per heavy atom. The van der Waals surface area contributed by atoms with E-state index in [0.717, 1.165) is 10.6 Å². The highest BCUT2D eigenvalue weighted by molar-refractivity contribution is 7.92. The molecule has 1 heterocycles. The Kier molecular flexibility index (Phi) is 5.07. The van der Waals surface area contributed by atoms with Crippen LogP contribution >= 0.6 is 0 Å². The summed E-state index contributed by atoms with van der Waals surface area (Å²) >= 11 is 0. The molecule has 0 saturated carbocycles. The topological polar surface area (TPSA) is 91.7 Å². The van der Waals surface area contributed by atoms with Gasteiger partial charge >= 0.3 is 0 Å². The molecule has 1 aromatic heterocycles. The van der Waals surface area contributed by atoms with Crippen molar-refractivity contribution in [2.24, 2.45) is 5.10 Å². The van der Waals surface area contributed by atoms with Gasteiger partial charge in [0.1, 0.15) is 0 Å². The number of nitrogens with zero attached hydrogens (tertiary/aromatic N) is 3. The van der Waals surface area contributed by atoms with Crippen molar-refractivity contribution >= 4 is 27.8 Å². The summed E-state index contributed by atoms with van der Waals surface area (Å²) in [7, 11) is -1.89. The number of pyridine rings is 1. The van der Waals surface area contributed by atoms with E-state index in [0.29, 0.717) is 16.9 Å². The van der Waals surface area contributed by atoms with Crippen molar-refractivity contribution < 1.29 is 13.2 Å². The minimum absolute atomic E-state index is 0.369. The molecular weight excluding hydrogens is 316 g/mol. The lowest BCUT2D eigenvalue weighted by atomic mass is 10.2. The minimum Gasteiger partial charge on any atom is -0.274 e. The van der Waals surface area contributed by atoms with E-state index < -0.39 is 15.9 Å². The fourth-order valence-corrected chi connectivity index (χ4v) is 2.19. The van der Waals surface area contributed by atoms with Gasteiger partial charge in [-0.1, -0.05) is 6.07 Å². The largest absolute Gasteiger partial charge is 0.274 e. The van der Waals surface area contributed by atoms with E-state index in [1.165, 1.54) is 25.4 Å². The molecule has 0 aliphatic rings. The highest BCUT2D eigenvalue weighted by Gasteiger charge is 2.12. The Balaban J connectivity index is 2.02. The first-order chi connectivity index (χ1) is 10.9. The summed E-state index contributed by atoms with van der Waals surface area (Å²) < 4.78 is 24.0. The first-order valence-corrected chi connectivity index (χ1v) is 8.51. The fourth-order valence-electron chi connectivity index (χ4n) is 1.69. The lowest BCUT2D eigenvalue weighted by Gasteiger charge is -2.16. The first kappa shape index (κ1) is 16.6. The van der Waals surface area contributed by atoms with Crippen LogP contribution in [0.4, 0.5) is 5.69 Å². The summed E-state index contributed by atoms with van der Waals surface area (Å²) in [6, 6.07) is 11.5. The summed E-state index contributed by atoms with van der Waals surface area (Å²) in [6.45, 7) is 0. The average Bonchev–Trinajstić information content (AvgIpc) is 2.54. The molecule has 0 spiro atoms. The van der Waals surface area contributed by atoms with Crippen LogP contribution in [0.1, 0.15) is 16.1 Å². The van der Waals surface area contributed by atoms with Gasteiger partial charge < -0.3 is 0 Å². The average molecular weight is 332 g/mol. The third kappa shape index (κ3) is 4.62. The number of anilines is 1. The molecule has 1 aromatic carbocycles. The highest BCUT2D eigenvalue weighted by atomic mass is 32.2. The predicted octanol–water partition coefficient (Wildman–Crippen LogP) is 1.24. The highest BCUT2D eigenvalue weighted by Crippen LogP contribution is 2.16. The molecule has 0 bridgehead atoms. The monoisotopic (exact) mass is 332 g/mol. The second-order valence-corrected chi connectivity index (χ2v) is 6.74. The Bertz CT molecular complexity index is 802. The van der Waals surface area contributed by atoms with Crippen LogP contribution in [0, 0.1) is 0 Å². The van der Waals surface area contributed by atoms with Crippen LogP contribution in [0.25, 0.3) is 0 Å². The number of hydrazone groups is 1. The molecule has 2 rings (SSSR count). The standard InChI is InChI=1S/C15H16N4O3S/c1-19(23(2,21)22)14-8-6-12(7-9-14)15(20)18-17-11-13-5-3-4-10-16-13/h3-11H,1-2H3,(H,18,20)/b17-11-. The molecule has 23 heavy (non-hydrogen) atoms. The van der Waals surface area contributed by atoms with Crippen LogP contribution < -0.4 is 9.73 Å². The fraction of sp³-hybridized carbons (Fsp3) is 0.133. The van der Waals surface area contributed by atoms with E-state index in [-0.39, 0.29) is 0 Å². The Hall–Kier alpha value is -2.74. The number of carbonyl (C=O) groups is 1. The maximum absolute atomic E-state index is 11.9. The van der Waals surface area contributed by atoms with Crippen LogP contribution in [0.2, 0.25) is 0 Å². The lowest BCUT2D eigenvalue weighted by Crippen LogP contribution is -2.25. The Labute approximate surface area is 134 Å². The van der Waals surface area contributed by atoms with Gasteiger partial charge in [-0.3, -0.25) is 14.1 Å². The molecule has 0 radical (unpaired) electrons. The number of amides is 1. The van der Waals surface area contributed by atoms with Crippen molar-refractivity contribution in [3.05, 3.63) is 59.9 Å². The van der Waals surface area contributed by atoms with Crippen molar-refractivity contribution in [2.45, 2.75) is 0 Å². The van der Waals surface area contributed by atoms with Crippen molar-refractivity contribution in [3.8, 4) is 0 Å². The SMILES string of the molecule is CN(c1ccc(C(=O)N/N=C\c2ccccn2)cc1)S(C)(=O)=O. The van der Waals surface area contributed by atoms with Gasteiger partial charge in [-0.25, -0.2) is 13.8 Å². The zero-order valence-corrected chi connectivity index (χ0v) is 13.5. The second kappa shape index (κ2) is 7.01. The van der Waals surface area contributed by atoms with Crippen LogP contribution in [0.5, 0.6) is 0 Å². The van der Waals surface area contributed by atoms with Crippen molar-refractivity contribution in [1.82, 2.24) is 10.4 Å². The number of aromatic nitrogens is 1. The van der Waals surface area contributed by atoms with Crippen molar-refractivity contribution in [1.29, 1.82) is 0 Å². The van der Waals surface area contributed by atoms with Crippen LogP contribution in [-0.2, 0) is 10.0 Å². The minimum atomic E-state index is -3.33. The molecule has 8 heteroatoms. The summed E-state index contributed by atoms with van der Waals surface area (Å²) in [5.74, 6) is -0.397. The molecule has 0 atom stereocenters. The van der Waals surface area contributed by atoms with E-state index >= 15 is 0 Å². The maximum atomic E-state index is 11.9. The molecule has 1 amide bonds. The van der Waals surface area contributed by atoms with Gasteiger partial charge in [0.2, 0.25) is 10.0 Å². The van der Waals surface area contributed by atoms with E-state index in [4.69, 9.17) is 0 Å².